The van der Waals surface area contributed by atoms with Gasteiger partial charge in [-0.2, -0.15) is 10.2 Å². The Balaban J connectivity index is 1.53. The molecule has 8 heteroatoms. The fourth-order valence-electron chi connectivity index (χ4n) is 2.19. The number of benzene rings is 1. The van der Waals surface area contributed by atoms with Crippen LogP contribution in [0.4, 0.5) is 0 Å². The monoisotopic (exact) mass is 359 g/mol. The molecule has 1 aromatic carbocycles. The first-order valence-corrected chi connectivity index (χ1v) is 8.25. The van der Waals surface area contributed by atoms with Crippen molar-refractivity contribution in [1.82, 2.24) is 24.9 Å². The van der Waals surface area contributed by atoms with Gasteiger partial charge in [-0.15, -0.1) is 0 Å². The lowest BCUT2D eigenvalue weighted by Crippen LogP contribution is -2.24. The molecule has 1 amide bonds. The summed E-state index contributed by atoms with van der Waals surface area (Å²) in [5.41, 5.74) is 1.12. The normalized spacial score (nSPS) is 10.6. The van der Waals surface area contributed by atoms with Crippen LogP contribution in [0.1, 0.15) is 23.1 Å². The standard InChI is InChI=1S/C17H18ClN5O2/c1-2-22-9-7-13(20-22)11-19-17(24)15-8-10-23(21-15)12-25-16-6-4-3-5-14(16)18/h3-10H,2,11-12H2,1H3,(H,19,24). The van der Waals surface area contributed by atoms with E-state index in [1.807, 2.05) is 36.0 Å². The van der Waals surface area contributed by atoms with E-state index in [1.165, 1.54) is 4.68 Å². The first-order valence-electron chi connectivity index (χ1n) is 7.87. The minimum absolute atomic E-state index is 0.165. The summed E-state index contributed by atoms with van der Waals surface area (Å²) in [6, 6.07) is 10.7. The Morgan fingerprint density at radius 2 is 1.96 bits per heavy atom. The lowest BCUT2D eigenvalue weighted by Gasteiger charge is -2.07. The van der Waals surface area contributed by atoms with Gasteiger partial charge in [0.15, 0.2) is 6.73 Å². The number of carbonyl (C=O) groups excluding carboxylic acids is 1. The zero-order valence-corrected chi connectivity index (χ0v) is 14.5. The van der Waals surface area contributed by atoms with Crippen molar-refractivity contribution in [3.63, 3.8) is 0 Å². The molecule has 3 rings (SSSR count). The third-order valence-electron chi connectivity index (χ3n) is 3.51. The number of hydrogen-bond acceptors (Lipinski definition) is 4. The number of para-hydroxylation sites is 1. The first kappa shape index (κ1) is 17.0. The van der Waals surface area contributed by atoms with Crippen LogP contribution in [0.3, 0.4) is 0 Å². The molecule has 0 bridgehead atoms. The number of ether oxygens (including phenoxy) is 1. The summed E-state index contributed by atoms with van der Waals surface area (Å²) in [5, 5.41) is 11.8. The highest BCUT2D eigenvalue weighted by atomic mass is 35.5. The molecule has 0 atom stereocenters. The van der Waals surface area contributed by atoms with Crippen LogP contribution in [0, 0.1) is 0 Å². The zero-order valence-electron chi connectivity index (χ0n) is 13.7. The molecule has 7 nitrogen and oxygen atoms in total. The van der Waals surface area contributed by atoms with Crippen molar-refractivity contribution in [1.29, 1.82) is 0 Å². The topological polar surface area (TPSA) is 74.0 Å². The number of aryl methyl sites for hydroxylation is 1. The maximum absolute atomic E-state index is 12.2. The molecular weight excluding hydrogens is 342 g/mol. The van der Waals surface area contributed by atoms with Crippen LogP contribution in [-0.4, -0.2) is 25.5 Å². The van der Waals surface area contributed by atoms with Crippen LogP contribution in [0.5, 0.6) is 5.75 Å². The smallest absolute Gasteiger partial charge is 0.272 e. The third-order valence-corrected chi connectivity index (χ3v) is 3.82. The molecule has 0 aliphatic rings. The van der Waals surface area contributed by atoms with Gasteiger partial charge in [0, 0.05) is 18.9 Å². The molecule has 0 radical (unpaired) electrons. The maximum atomic E-state index is 12.2. The second kappa shape index (κ2) is 7.85. The number of hydrogen-bond donors (Lipinski definition) is 1. The number of halogens is 1. The number of aromatic nitrogens is 4. The van der Waals surface area contributed by atoms with Crippen molar-refractivity contribution in [2.24, 2.45) is 0 Å². The van der Waals surface area contributed by atoms with E-state index in [2.05, 4.69) is 15.5 Å². The second-order valence-electron chi connectivity index (χ2n) is 5.29. The SMILES string of the molecule is CCn1ccc(CNC(=O)c2ccn(COc3ccccc3Cl)n2)n1. The largest absolute Gasteiger partial charge is 0.470 e. The number of nitrogens with zero attached hydrogens (tertiary/aromatic N) is 4. The fraction of sp³-hybridized carbons (Fsp3) is 0.235. The van der Waals surface area contributed by atoms with Gasteiger partial charge in [0.2, 0.25) is 0 Å². The fourth-order valence-corrected chi connectivity index (χ4v) is 2.38. The molecule has 0 spiro atoms. The molecule has 1 N–H and O–H groups in total. The highest BCUT2D eigenvalue weighted by molar-refractivity contribution is 6.32. The summed E-state index contributed by atoms with van der Waals surface area (Å²) in [6.07, 6.45) is 3.56. The summed E-state index contributed by atoms with van der Waals surface area (Å²) in [4.78, 5) is 12.2. The van der Waals surface area contributed by atoms with Crippen molar-refractivity contribution in [2.45, 2.75) is 26.7 Å². The summed E-state index contributed by atoms with van der Waals surface area (Å²) in [6.45, 7) is 3.32. The minimum atomic E-state index is -0.262. The van der Waals surface area contributed by atoms with Gasteiger partial charge in [-0.1, -0.05) is 23.7 Å². The summed E-state index contributed by atoms with van der Waals surface area (Å²) >= 11 is 6.03. The molecular formula is C17H18ClN5O2. The first-order chi connectivity index (χ1) is 12.2. The minimum Gasteiger partial charge on any atom is -0.470 e. The Morgan fingerprint density at radius 3 is 2.72 bits per heavy atom. The van der Waals surface area contributed by atoms with Crippen molar-refractivity contribution in [3.8, 4) is 5.75 Å². The van der Waals surface area contributed by atoms with Crippen LogP contribution < -0.4 is 10.1 Å². The number of nitrogens with one attached hydrogen (secondary N) is 1. The second-order valence-corrected chi connectivity index (χ2v) is 5.70. The Kier molecular flexibility index (Phi) is 5.35. The molecule has 0 saturated heterocycles. The van der Waals surface area contributed by atoms with Gasteiger partial charge in [-0.25, -0.2) is 4.68 Å². The van der Waals surface area contributed by atoms with E-state index in [-0.39, 0.29) is 12.6 Å². The van der Waals surface area contributed by atoms with E-state index in [0.29, 0.717) is 23.0 Å². The lowest BCUT2D eigenvalue weighted by molar-refractivity contribution is 0.0943. The number of carbonyl (C=O) groups is 1. The predicted molar refractivity (Wildman–Crippen MR) is 93.4 cm³/mol. The van der Waals surface area contributed by atoms with Gasteiger partial charge in [0.25, 0.3) is 5.91 Å². The van der Waals surface area contributed by atoms with Gasteiger partial charge in [0.05, 0.1) is 17.3 Å². The lowest BCUT2D eigenvalue weighted by atomic mass is 10.3. The molecule has 0 saturated carbocycles. The van der Waals surface area contributed by atoms with Crippen LogP contribution in [0.2, 0.25) is 5.02 Å². The van der Waals surface area contributed by atoms with E-state index in [4.69, 9.17) is 16.3 Å². The van der Waals surface area contributed by atoms with E-state index >= 15 is 0 Å². The zero-order chi connectivity index (χ0) is 17.6. The van der Waals surface area contributed by atoms with Gasteiger partial charge in [-0.3, -0.25) is 9.48 Å². The summed E-state index contributed by atoms with van der Waals surface area (Å²) in [7, 11) is 0. The summed E-state index contributed by atoms with van der Waals surface area (Å²) < 4.78 is 8.92. The molecule has 130 valence electrons. The number of amides is 1. The van der Waals surface area contributed by atoms with Gasteiger partial charge in [-0.05, 0) is 31.2 Å². The molecule has 0 unspecified atom stereocenters. The maximum Gasteiger partial charge on any atom is 0.272 e. The Bertz CT molecular complexity index is 858. The molecule has 2 aromatic heterocycles. The van der Waals surface area contributed by atoms with E-state index in [1.54, 1.807) is 24.4 Å². The Hall–Kier alpha value is -2.80. The van der Waals surface area contributed by atoms with Crippen LogP contribution in [0.25, 0.3) is 0 Å². The summed E-state index contributed by atoms with van der Waals surface area (Å²) in [5.74, 6) is 0.305. The van der Waals surface area contributed by atoms with Gasteiger partial charge < -0.3 is 10.1 Å². The van der Waals surface area contributed by atoms with Crippen molar-refractivity contribution in [3.05, 3.63) is 65.2 Å². The highest BCUT2D eigenvalue weighted by Crippen LogP contribution is 2.23. The third kappa shape index (κ3) is 4.39. The highest BCUT2D eigenvalue weighted by Gasteiger charge is 2.10. The van der Waals surface area contributed by atoms with E-state index < -0.39 is 0 Å². The van der Waals surface area contributed by atoms with Gasteiger partial charge in [0.1, 0.15) is 11.4 Å². The van der Waals surface area contributed by atoms with Crippen LogP contribution >= 0.6 is 11.6 Å². The predicted octanol–water partition coefficient (Wildman–Crippen LogP) is 2.72. The molecule has 0 aliphatic heterocycles. The van der Waals surface area contributed by atoms with E-state index in [9.17, 15) is 4.79 Å². The molecule has 3 aromatic rings. The Labute approximate surface area is 150 Å². The number of rotatable bonds is 7. The van der Waals surface area contributed by atoms with Gasteiger partial charge >= 0.3 is 0 Å². The average molecular weight is 360 g/mol. The molecule has 25 heavy (non-hydrogen) atoms. The molecule has 0 fully saturated rings. The van der Waals surface area contributed by atoms with Crippen molar-refractivity contribution >= 4 is 17.5 Å². The van der Waals surface area contributed by atoms with E-state index in [0.717, 1.165) is 12.2 Å². The van der Waals surface area contributed by atoms with Crippen LogP contribution in [-0.2, 0) is 19.8 Å². The average Bonchev–Trinajstić information content (AvgIpc) is 3.28. The molecule has 2 heterocycles. The van der Waals surface area contributed by atoms with Crippen molar-refractivity contribution in [2.75, 3.05) is 0 Å². The Morgan fingerprint density at radius 1 is 1.16 bits per heavy atom. The quantitative estimate of drug-likeness (QED) is 0.704. The van der Waals surface area contributed by atoms with Crippen molar-refractivity contribution < 1.29 is 9.53 Å². The molecule has 0 aliphatic carbocycles. The van der Waals surface area contributed by atoms with Crippen LogP contribution in [0.15, 0.2) is 48.8 Å².